The average Bonchev–Trinajstić information content (AvgIpc) is 2.39. The number of pyridine rings is 1. The molecular formula is C13H19N3O2. The fourth-order valence-corrected chi connectivity index (χ4v) is 2.15. The monoisotopic (exact) mass is 249 g/mol. The van der Waals surface area contributed by atoms with Crippen molar-refractivity contribution < 1.29 is 4.79 Å². The van der Waals surface area contributed by atoms with Gasteiger partial charge in [-0.2, -0.15) is 0 Å². The third-order valence-electron chi connectivity index (χ3n) is 3.22. The first-order valence-corrected chi connectivity index (χ1v) is 6.30. The number of nitrogens with one attached hydrogen (secondary N) is 1. The van der Waals surface area contributed by atoms with Gasteiger partial charge in [0.25, 0.3) is 0 Å². The highest BCUT2D eigenvalue weighted by molar-refractivity contribution is 5.78. The number of rotatable bonds is 2. The van der Waals surface area contributed by atoms with E-state index in [1.807, 2.05) is 24.8 Å². The molecule has 98 valence electrons. The smallest absolute Gasteiger partial charge is 0.248 e. The van der Waals surface area contributed by atoms with Gasteiger partial charge in [-0.05, 0) is 6.07 Å². The number of hydrogen-bond donors (Lipinski definition) is 1. The lowest BCUT2D eigenvalue weighted by Gasteiger charge is -2.36. The molecule has 0 bridgehead atoms. The van der Waals surface area contributed by atoms with Crippen molar-refractivity contribution in [2.75, 3.05) is 31.1 Å². The van der Waals surface area contributed by atoms with Crippen LogP contribution in [0.1, 0.15) is 13.8 Å². The van der Waals surface area contributed by atoms with Crippen LogP contribution in [-0.4, -0.2) is 42.0 Å². The van der Waals surface area contributed by atoms with Gasteiger partial charge in [-0.3, -0.25) is 9.59 Å². The molecule has 2 heterocycles. The Morgan fingerprint density at radius 3 is 2.39 bits per heavy atom. The maximum Gasteiger partial charge on any atom is 0.248 e. The topological polar surface area (TPSA) is 56.4 Å². The summed E-state index contributed by atoms with van der Waals surface area (Å²) < 4.78 is 0. The molecule has 1 N–H and O–H groups in total. The normalized spacial score (nSPS) is 16.2. The molecule has 5 nitrogen and oxygen atoms in total. The van der Waals surface area contributed by atoms with Gasteiger partial charge in [-0.25, -0.2) is 0 Å². The Labute approximate surface area is 106 Å². The first-order chi connectivity index (χ1) is 8.58. The number of anilines is 1. The summed E-state index contributed by atoms with van der Waals surface area (Å²) in [6.07, 6.45) is 1.72. The molecule has 0 spiro atoms. The number of piperazine rings is 1. The van der Waals surface area contributed by atoms with E-state index in [2.05, 4.69) is 9.88 Å². The van der Waals surface area contributed by atoms with E-state index in [9.17, 15) is 9.59 Å². The van der Waals surface area contributed by atoms with E-state index in [4.69, 9.17) is 0 Å². The lowest BCUT2D eigenvalue weighted by Crippen LogP contribution is -2.50. The molecule has 5 heteroatoms. The highest BCUT2D eigenvalue weighted by atomic mass is 16.2. The van der Waals surface area contributed by atoms with Gasteiger partial charge in [0.1, 0.15) is 0 Å². The number of amides is 1. The molecule has 1 aliphatic rings. The van der Waals surface area contributed by atoms with Crippen LogP contribution in [0.2, 0.25) is 0 Å². The molecule has 0 radical (unpaired) electrons. The standard InChI is InChI=1S/C13H19N3O2/c1-10(2)13(18)16-7-5-15(6-8-16)11-3-4-12(17)14-9-11/h3-4,9-10H,5-8H2,1-2H3,(H,14,17). The van der Waals surface area contributed by atoms with Crippen molar-refractivity contribution >= 4 is 11.6 Å². The fraction of sp³-hybridized carbons (Fsp3) is 0.538. The summed E-state index contributed by atoms with van der Waals surface area (Å²) in [4.78, 5) is 29.6. The molecule has 0 aromatic carbocycles. The Hall–Kier alpha value is -1.78. The van der Waals surface area contributed by atoms with Crippen LogP contribution in [0.4, 0.5) is 5.69 Å². The third-order valence-corrected chi connectivity index (χ3v) is 3.22. The van der Waals surface area contributed by atoms with Crippen molar-refractivity contribution in [3.8, 4) is 0 Å². The Kier molecular flexibility index (Phi) is 3.69. The van der Waals surface area contributed by atoms with Crippen molar-refractivity contribution in [1.29, 1.82) is 0 Å². The minimum atomic E-state index is -0.0904. The van der Waals surface area contributed by atoms with Crippen molar-refractivity contribution in [1.82, 2.24) is 9.88 Å². The highest BCUT2D eigenvalue weighted by Gasteiger charge is 2.22. The van der Waals surface area contributed by atoms with Gasteiger partial charge in [-0.15, -0.1) is 0 Å². The Morgan fingerprint density at radius 1 is 1.22 bits per heavy atom. The molecular weight excluding hydrogens is 230 g/mol. The van der Waals surface area contributed by atoms with Crippen LogP contribution in [-0.2, 0) is 4.79 Å². The van der Waals surface area contributed by atoms with E-state index in [0.717, 1.165) is 31.9 Å². The Balaban J connectivity index is 1.96. The van der Waals surface area contributed by atoms with Gasteiger partial charge in [0.15, 0.2) is 0 Å². The number of nitrogens with zero attached hydrogens (tertiary/aromatic N) is 2. The van der Waals surface area contributed by atoms with E-state index in [0.29, 0.717) is 0 Å². The third kappa shape index (κ3) is 2.72. The second-order valence-corrected chi connectivity index (χ2v) is 4.88. The summed E-state index contributed by atoms with van der Waals surface area (Å²) in [5, 5.41) is 0. The van der Waals surface area contributed by atoms with Crippen molar-refractivity contribution in [3.63, 3.8) is 0 Å². The van der Waals surface area contributed by atoms with Gasteiger partial charge >= 0.3 is 0 Å². The number of carbonyl (C=O) groups is 1. The molecule has 2 rings (SSSR count). The zero-order valence-electron chi connectivity index (χ0n) is 10.8. The van der Waals surface area contributed by atoms with Crippen LogP contribution >= 0.6 is 0 Å². The van der Waals surface area contributed by atoms with Gasteiger partial charge in [0.2, 0.25) is 11.5 Å². The van der Waals surface area contributed by atoms with Crippen molar-refractivity contribution in [3.05, 3.63) is 28.7 Å². The van der Waals surface area contributed by atoms with E-state index < -0.39 is 0 Å². The Morgan fingerprint density at radius 2 is 1.89 bits per heavy atom. The van der Waals surface area contributed by atoms with Crippen molar-refractivity contribution in [2.24, 2.45) is 5.92 Å². The van der Waals surface area contributed by atoms with Gasteiger partial charge < -0.3 is 14.8 Å². The molecule has 0 aliphatic carbocycles. The molecule has 1 aliphatic heterocycles. The van der Waals surface area contributed by atoms with Gasteiger partial charge in [-0.1, -0.05) is 13.8 Å². The summed E-state index contributed by atoms with van der Waals surface area (Å²) in [6, 6.07) is 3.35. The lowest BCUT2D eigenvalue weighted by atomic mass is 10.1. The summed E-state index contributed by atoms with van der Waals surface area (Å²) >= 11 is 0. The second kappa shape index (κ2) is 5.25. The molecule has 18 heavy (non-hydrogen) atoms. The molecule has 0 atom stereocenters. The zero-order chi connectivity index (χ0) is 13.1. The van der Waals surface area contributed by atoms with Crippen LogP contribution in [0, 0.1) is 5.92 Å². The first-order valence-electron chi connectivity index (χ1n) is 6.30. The maximum absolute atomic E-state index is 11.8. The number of aromatic nitrogens is 1. The number of hydrogen-bond acceptors (Lipinski definition) is 3. The Bertz CT molecular complexity index is 453. The van der Waals surface area contributed by atoms with E-state index in [1.54, 1.807) is 6.20 Å². The summed E-state index contributed by atoms with van der Waals surface area (Å²) in [5.41, 5.74) is 0.915. The lowest BCUT2D eigenvalue weighted by molar-refractivity contribution is -0.134. The number of aromatic amines is 1. The van der Waals surface area contributed by atoms with Gasteiger partial charge in [0.05, 0.1) is 5.69 Å². The van der Waals surface area contributed by atoms with E-state index in [1.165, 1.54) is 6.07 Å². The predicted octanol–water partition coefficient (Wildman–Crippen LogP) is 0.679. The minimum absolute atomic E-state index is 0.0598. The first kappa shape index (κ1) is 12.7. The predicted molar refractivity (Wildman–Crippen MR) is 70.7 cm³/mol. The minimum Gasteiger partial charge on any atom is -0.367 e. The molecule has 1 amide bonds. The van der Waals surface area contributed by atoms with Crippen LogP contribution in [0.25, 0.3) is 0 Å². The molecule has 0 saturated carbocycles. The quantitative estimate of drug-likeness (QED) is 0.838. The molecule has 0 unspecified atom stereocenters. The van der Waals surface area contributed by atoms with E-state index in [-0.39, 0.29) is 17.4 Å². The average molecular weight is 249 g/mol. The van der Waals surface area contributed by atoms with Crippen LogP contribution < -0.4 is 10.5 Å². The van der Waals surface area contributed by atoms with Crippen LogP contribution in [0.5, 0.6) is 0 Å². The van der Waals surface area contributed by atoms with Crippen LogP contribution in [0.15, 0.2) is 23.1 Å². The SMILES string of the molecule is CC(C)C(=O)N1CCN(c2ccc(=O)[nH]c2)CC1. The summed E-state index contributed by atoms with van der Waals surface area (Å²) in [5.74, 6) is 0.278. The van der Waals surface area contributed by atoms with Crippen LogP contribution in [0.3, 0.4) is 0 Å². The summed E-state index contributed by atoms with van der Waals surface area (Å²) in [7, 11) is 0. The summed E-state index contributed by atoms with van der Waals surface area (Å²) in [6.45, 7) is 6.97. The number of carbonyl (C=O) groups excluding carboxylic acids is 1. The molecule has 1 saturated heterocycles. The largest absolute Gasteiger partial charge is 0.367 e. The highest BCUT2D eigenvalue weighted by Crippen LogP contribution is 2.14. The van der Waals surface area contributed by atoms with Crippen molar-refractivity contribution in [2.45, 2.75) is 13.8 Å². The fourth-order valence-electron chi connectivity index (χ4n) is 2.15. The molecule has 1 aromatic rings. The molecule has 1 aromatic heterocycles. The van der Waals surface area contributed by atoms with Gasteiger partial charge in [0, 0.05) is 44.4 Å². The second-order valence-electron chi connectivity index (χ2n) is 4.88. The molecule has 1 fully saturated rings. The number of H-pyrrole nitrogens is 1. The zero-order valence-corrected chi connectivity index (χ0v) is 10.8. The van der Waals surface area contributed by atoms with E-state index >= 15 is 0 Å². The maximum atomic E-state index is 11.8.